The molecule has 0 saturated carbocycles. The number of amides is 1. The third kappa shape index (κ3) is 4.22. The molecular formula is C19H17ClN2O3S. The minimum absolute atomic E-state index is 0.113. The lowest BCUT2D eigenvalue weighted by Crippen LogP contribution is -2.41. The number of halogens is 1. The lowest BCUT2D eigenvalue weighted by molar-refractivity contribution is -0.117. The van der Waals surface area contributed by atoms with Crippen LogP contribution >= 0.6 is 11.6 Å². The quantitative estimate of drug-likeness (QED) is 0.698. The Morgan fingerprint density at radius 3 is 2.31 bits per heavy atom. The maximum atomic E-state index is 12.6. The van der Waals surface area contributed by atoms with E-state index in [1.165, 1.54) is 13.0 Å². The van der Waals surface area contributed by atoms with Gasteiger partial charge >= 0.3 is 0 Å². The Kier molecular flexibility index (Phi) is 5.27. The Labute approximate surface area is 157 Å². The molecule has 134 valence electrons. The summed E-state index contributed by atoms with van der Waals surface area (Å²) >= 11 is 5.80. The SMILES string of the molecule is CC(NS(=O)(=O)c1ccc2ccccc2c1)C(=O)Nc1ccc(Cl)cc1. The van der Waals surface area contributed by atoms with Crippen molar-refractivity contribution in [2.24, 2.45) is 0 Å². The number of carbonyl (C=O) groups excluding carboxylic acids is 1. The van der Waals surface area contributed by atoms with Crippen molar-refractivity contribution in [2.75, 3.05) is 5.32 Å². The van der Waals surface area contributed by atoms with Gasteiger partial charge in [0.25, 0.3) is 0 Å². The summed E-state index contributed by atoms with van der Waals surface area (Å²) < 4.78 is 27.6. The number of benzene rings is 3. The Morgan fingerprint density at radius 2 is 1.62 bits per heavy atom. The van der Waals surface area contributed by atoms with E-state index in [4.69, 9.17) is 11.6 Å². The lowest BCUT2D eigenvalue weighted by Gasteiger charge is -2.15. The Morgan fingerprint density at radius 1 is 0.962 bits per heavy atom. The molecule has 0 aliphatic carbocycles. The molecule has 3 rings (SSSR count). The van der Waals surface area contributed by atoms with Crippen molar-refractivity contribution in [3.05, 3.63) is 71.8 Å². The Bertz CT molecular complexity index is 1050. The molecule has 0 bridgehead atoms. The highest BCUT2D eigenvalue weighted by Gasteiger charge is 2.22. The minimum Gasteiger partial charge on any atom is -0.325 e. The number of carbonyl (C=O) groups is 1. The van der Waals surface area contributed by atoms with E-state index in [1.807, 2.05) is 24.3 Å². The van der Waals surface area contributed by atoms with E-state index >= 15 is 0 Å². The van der Waals surface area contributed by atoms with Gasteiger partial charge in [-0.1, -0.05) is 41.9 Å². The van der Waals surface area contributed by atoms with Crippen LogP contribution in [0.15, 0.2) is 71.6 Å². The summed E-state index contributed by atoms with van der Waals surface area (Å²) in [5.41, 5.74) is 0.538. The highest BCUT2D eigenvalue weighted by molar-refractivity contribution is 7.89. The van der Waals surface area contributed by atoms with Crippen LogP contribution in [0.1, 0.15) is 6.92 Å². The molecule has 0 radical (unpaired) electrons. The number of hydrogen-bond acceptors (Lipinski definition) is 3. The summed E-state index contributed by atoms with van der Waals surface area (Å²) in [6.07, 6.45) is 0. The predicted molar refractivity (Wildman–Crippen MR) is 104 cm³/mol. The van der Waals surface area contributed by atoms with Crippen molar-refractivity contribution in [1.29, 1.82) is 0 Å². The number of hydrogen-bond donors (Lipinski definition) is 2. The zero-order valence-corrected chi connectivity index (χ0v) is 15.5. The van der Waals surface area contributed by atoms with Crippen LogP contribution in [0.3, 0.4) is 0 Å². The summed E-state index contributed by atoms with van der Waals surface area (Å²) in [4.78, 5) is 12.4. The molecule has 0 aliphatic rings. The van der Waals surface area contributed by atoms with E-state index in [0.717, 1.165) is 10.8 Å². The standard InChI is InChI=1S/C19H17ClN2O3S/c1-13(19(23)21-17-9-7-16(20)8-10-17)22-26(24,25)18-11-6-14-4-2-3-5-15(14)12-18/h2-13,22H,1H3,(H,21,23). The normalized spacial score (nSPS) is 12.7. The molecule has 1 atom stereocenters. The first-order valence-corrected chi connectivity index (χ1v) is 9.79. The van der Waals surface area contributed by atoms with Crippen molar-refractivity contribution >= 4 is 44.0 Å². The van der Waals surface area contributed by atoms with Crippen molar-refractivity contribution in [3.63, 3.8) is 0 Å². The molecule has 1 unspecified atom stereocenters. The third-order valence-corrected chi connectivity index (χ3v) is 5.66. The molecule has 2 N–H and O–H groups in total. The van der Waals surface area contributed by atoms with E-state index in [9.17, 15) is 13.2 Å². The fourth-order valence-electron chi connectivity index (χ4n) is 2.47. The van der Waals surface area contributed by atoms with Gasteiger partial charge in [0.15, 0.2) is 0 Å². The van der Waals surface area contributed by atoms with Crippen LogP contribution in [0, 0.1) is 0 Å². The van der Waals surface area contributed by atoms with Gasteiger partial charge in [0, 0.05) is 10.7 Å². The van der Waals surface area contributed by atoms with E-state index in [0.29, 0.717) is 10.7 Å². The smallest absolute Gasteiger partial charge is 0.242 e. The molecule has 7 heteroatoms. The summed E-state index contributed by atoms with van der Waals surface area (Å²) in [6.45, 7) is 1.49. The largest absolute Gasteiger partial charge is 0.325 e. The van der Waals surface area contributed by atoms with E-state index in [-0.39, 0.29) is 4.90 Å². The predicted octanol–water partition coefficient (Wildman–Crippen LogP) is 3.80. The van der Waals surface area contributed by atoms with E-state index in [1.54, 1.807) is 36.4 Å². The van der Waals surface area contributed by atoms with Crippen LogP contribution in [0.25, 0.3) is 10.8 Å². The van der Waals surface area contributed by atoms with E-state index in [2.05, 4.69) is 10.0 Å². The summed E-state index contributed by atoms with van der Waals surface area (Å²) in [5.74, 6) is -0.461. The molecule has 26 heavy (non-hydrogen) atoms. The summed E-state index contributed by atoms with van der Waals surface area (Å²) in [5, 5.41) is 4.96. The second-order valence-electron chi connectivity index (χ2n) is 5.85. The first kappa shape index (κ1) is 18.4. The second kappa shape index (κ2) is 7.45. The molecule has 5 nitrogen and oxygen atoms in total. The monoisotopic (exact) mass is 388 g/mol. The molecule has 1 amide bonds. The highest BCUT2D eigenvalue weighted by atomic mass is 35.5. The van der Waals surface area contributed by atoms with Crippen LogP contribution in [-0.4, -0.2) is 20.4 Å². The molecule has 3 aromatic carbocycles. The van der Waals surface area contributed by atoms with Gasteiger partial charge in [-0.15, -0.1) is 0 Å². The van der Waals surface area contributed by atoms with E-state index < -0.39 is 22.0 Å². The molecular weight excluding hydrogens is 372 g/mol. The molecule has 0 saturated heterocycles. The average molecular weight is 389 g/mol. The van der Waals surface area contributed by atoms with Crippen LogP contribution < -0.4 is 10.0 Å². The van der Waals surface area contributed by atoms with Gasteiger partial charge in [-0.2, -0.15) is 4.72 Å². The van der Waals surface area contributed by atoms with Crippen LogP contribution in [0.2, 0.25) is 5.02 Å². The van der Waals surface area contributed by atoms with Gasteiger partial charge in [-0.3, -0.25) is 4.79 Å². The highest BCUT2D eigenvalue weighted by Crippen LogP contribution is 2.19. The van der Waals surface area contributed by atoms with Crippen LogP contribution in [0.4, 0.5) is 5.69 Å². The Balaban J connectivity index is 1.74. The van der Waals surface area contributed by atoms with Gasteiger partial charge in [0.2, 0.25) is 15.9 Å². The van der Waals surface area contributed by atoms with Crippen LogP contribution in [-0.2, 0) is 14.8 Å². The van der Waals surface area contributed by atoms with Gasteiger partial charge in [-0.25, -0.2) is 8.42 Å². The summed E-state index contributed by atoms with van der Waals surface area (Å²) in [6, 6.07) is 17.9. The van der Waals surface area contributed by atoms with Crippen LogP contribution in [0.5, 0.6) is 0 Å². The number of rotatable bonds is 5. The zero-order chi connectivity index (χ0) is 18.7. The number of nitrogens with one attached hydrogen (secondary N) is 2. The molecule has 0 fully saturated rings. The molecule has 0 spiro atoms. The van der Waals surface area contributed by atoms with Crippen molar-refractivity contribution < 1.29 is 13.2 Å². The maximum absolute atomic E-state index is 12.6. The molecule has 0 aromatic heterocycles. The third-order valence-electron chi connectivity index (χ3n) is 3.87. The van der Waals surface area contributed by atoms with Gasteiger partial charge in [0.1, 0.15) is 0 Å². The average Bonchev–Trinajstić information content (AvgIpc) is 2.62. The number of fused-ring (bicyclic) bond motifs is 1. The van der Waals surface area contributed by atoms with Gasteiger partial charge in [-0.05, 0) is 54.1 Å². The summed E-state index contributed by atoms with van der Waals surface area (Å²) in [7, 11) is -3.83. The minimum atomic E-state index is -3.83. The maximum Gasteiger partial charge on any atom is 0.242 e. The first-order valence-electron chi connectivity index (χ1n) is 7.93. The second-order valence-corrected chi connectivity index (χ2v) is 8.00. The molecule has 0 heterocycles. The number of sulfonamides is 1. The van der Waals surface area contributed by atoms with Crippen molar-refractivity contribution in [2.45, 2.75) is 17.9 Å². The molecule has 3 aromatic rings. The van der Waals surface area contributed by atoms with Gasteiger partial charge in [0.05, 0.1) is 10.9 Å². The lowest BCUT2D eigenvalue weighted by atomic mass is 10.1. The zero-order valence-electron chi connectivity index (χ0n) is 13.9. The van der Waals surface area contributed by atoms with Crippen molar-refractivity contribution in [1.82, 2.24) is 4.72 Å². The fraction of sp³-hybridized carbons (Fsp3) is 0.105. The number of anilines is 1. The van der Waals surface area contributed by atoms with Gasteiger partial charge < -0.3 is 5.32 Å². The molecule has 0 aliphatic heterocycles. The van der Waals surface area contributed by atoms with Crippen molar-refractivity contribution in [3.8, 4) is 0 Å². The topological polar surface area (TPSA) is 75.3 Å². The first-order chi connectivity index (χ1) is 12.3. The Hall–Kier alpha value is -2.41. The fourth-order valence-corrected chi connectivity index (χ4v) is 3.84.